The average molecular weight is 557 g/mol. The van der Waals surface area contributed by atoms with Gasteiger partial charge in [-0.1, -0.05) is 12.1 Å². The molecule has 2 fully saturated rings. The number of nitrogens with one attached hydrogen (secondary N) is 3. The molecule has 2 heterocycles. The Morgan fingerprint density at radius 1 is 1.08 bits per heavy atom. The van der Waals surface area contributed by atoms with Crippen molar-refractivity contribution in [3.05, 3.63) is 65.5 Å². The summed E-state index contributed by atoms with van der Waals surface area (Å²) in [4.78, 5) is 42.2. The largest absolute Gasteiger partial charge is 0.383 e. The molecule has 2 aromatic carbocycles. The van der Waals surface area contributed by atoms with Gasteiger partial charge in [-0.2, -0.15) is 0 Å². The van der Waals surface area contributed by atoms with Gasteiger partial charge in [0.1, 0.15) is 22.5 Å². The van der Waals surface area contributed by atoms with Crippen LogP contribution in [-0.2, 0) is 16.1 Å². The lowest BCUT2D eigenvalue weighted by Crippen LogP contribution is -2.52. The van der Waals surface area contributed by atoms with E-state index in [1.165, 1.54) is 36.7 Å². The highest BCUT2D eigenvalue weighted by molar-refractivity contribution is 8.01. The molecule has 0 aliphatic carbocycles. The predicted octanol–water partition coefficient (Wildman–Crippen LogP) is 2.00. The maximum Gasteiger partial charge on any atom is 0.251 e. The molecule has 9 nitrogen and oxygen atoms in total. The van der Waals surface area contributed by atoms with Crippen LogP contribution in [0.4, 0.5) is 10.1 Å². The van der Waals surface area contributed by atoms with Crippen LogP contribution in [0, 0.1) is 5.82 Å². The smallest absolute Gasteiger partial charge is 0.251 e. The van der Waals surface area contributed by atoms with E-state index in [1.54, 1.807) is 29.2 Å². The summed E-state index contributed by atoms with van der Waals surface area (Å²) in [7, 11) is 0. The molecule has 4 rings (SSSR count). The number of hydrogen-bond donors (Lipinski definition) is 4. The first-order chi connectivity index (χ1) is 18.9. The molecule has 2 saturated heterocycles. The molecule has 0 spiro atoms. The zero-order valence-electron chi connectivity index (χ0n) is 22.2. The fourth-order valence-corrected chi connectivity index (χ4v) is 6.25. The Kier molecular flexibility index (Phi) is 10.2. The van der Waals surface area contributed by atoms with E-state index in [0.717, 1.165) is 30.9 Å². The third-order valence-electron chi connectivity index (χ3n) is 7.05. The van der Waals surface area contributed by atoms with Crippen LogP contribution in [0.3, 0.4) is 0 Å². The molecule has 0 bridgehead atoms. The van der Waals surface area contributed by atoms with Crippen molar-refractivity contribution in [2.45, 2.75) is 43.0 Å². The topological polar surface area (TPSA) is 120 Å². The molecule has 11 heteroatoms. The quantitative estimate of drug-likeness (QED) is 0.316. The number of carbonyl (C=O) groups is 3. The molecule has 2 aromatic rings. The summed E-state index contributed by atoms with van der Waals surface area (Å²) in [6.45, 7) is 6.59. The predicted molar refractivity (Wildman–Crippen MR) is 152 cm³/mol. The number of likely N-dealkylation sites (tertiary alicyclic amines) is 1. The molecule has 0 saturated carbocycles. The number of likely N-dealkylation sites (N-methyl/N-ethyl adjacent to an activating group) is 1. The van der Waals surface area contributed by atoms with E-state index in [0.29, 0.717) is 25.2 Å². The maximum atomic E-state index is 13.1. The van der Waals surface area contributed by atoms with Crippen molar-refractivity contribution in [2.75, 3.05) is 44.6 Å². The third-order valence-corrected chi connectivity index (χ3v) is 8.57. The molecule has 1 unspecified atom stereocenters. The number of rotatable bonds is 12. The molecular formula is C28H37FN6O3S. The first-order valence-corrected chi connectivity index (χ1v) is 14.4. The van der Waals surface area contributed by atoms with Crippen LogP contribution < -0.4 is 21.7 Å². The van der Waals surface area contributed by atoms with Gasteiger partial charge < -0.3 is 31.5 Å². The Balaban J connectivity index is 1.24. The second kappa shape index (κ2) is 13.8. The Morgan fingerprint density at radius 2 is 1.77 bits per heavy atom. The number of hydrogen-bond acceptors (Lipinski definition) is 7. The number of amides is 3. The van der Waals surface area contributed by atoms with Crippen molar-refractivity contribution in [1.29, 1.82) is 0 Å². The van der Waals surface area contributed by atoms with E-state index in [-0.39, 0.29) is 30.1 Å². The summed E-state index contributed by atoms with van der Waals surface area (Å²) in [5.41, 5.74) is 8.41. The molecule has 210 valence electrons. The molecule has 0 aromatic heterocycles. The van der Waals surface area contributed by atoms with Gasteiger partial charge in [0.2, 0.25) is 11.8 Å². The molecule has 0 radical (unpaired) electrons. The Morgan fingerprint density at radius 3 is 2.44 bits per heavy atom. The minimum atomic E-state index is -0.910. The van der Waals surface area contributed by atoms with E-state index in [1.807, 2.05) is 19.1 Å². The Bertz CT molecular complexity index is 1130. The van der Waals surface area contributed by atoms with E-state index < -0.39 is 16.7 Å². The first kappa shape index (κ1) is 28.8. The van der Waals surface area contributed by atoms with Crippen molar-refractivity contribution in [3.63, 3.8) is 0 Å². The van der Waals surface area contributed by atoms with Crippen molar-refractivity contribution in [3.8, 4) is 0 Å². The molecule has 3 amide bonds. The number of thioether (sulfide) groups is 1. The van der Waals surface area contributed by atoms with Gasteiger partial charge in [-0.15, -0.1) is 11.8 Å². The lowest BCUT2D eigenvalue weighted by atomic mass is 10.2. The number of carbonyl (C=O) groups excluding carboxylic acids is 3. The average Bonchev–Trinajstić information content (AvgIpc) is 3.58. The summed E-state index contributed by atoms with van der Waals surface area (Å²) >= 11 is 1.37. The zero-order valence-corrected chi connectivity index (χ0v) is 23.0. The van der Waals surface area contributed by atoms with Gasteiger partial charge in [-0.25, -0.2) is 4.39 Å². The minimum Gasteiger partial charge on any atom is -0.383 e. The van der Waals surface area contributed by atoms with Gasteiger partial charge >= 0.3 is 0 Å². The normalized spacial score (nSPS) is 20.2. The third kappa shape index (κ3) is 7.71. The summed E-state index contributed by atoms with van der Waals surface area (Å²) < 4.78 is 13.1. The van der Waals surface area contributed by atoms with Crippen LogP contribution in [0.1, 0.15) is 35.7 Å². The molecule has 2 aliphatic heterocycles. The molecular weight excluding hydrogens is 519 g/mol. The van der Waals surface area contributed by atoms with Crippen molar-refractivity contribution >= 4 is 35.2 Å². The van der Waals surface area contributed by atoms with E-state index in [9.17, 15) is 18.8 Å². The molecule has 2 aliphatic rings. The van der Waals surface area contributed by atoms with E-state index in [2.05, 4.69) is 20.9 Å². The lowest BCUT2D eigenvalue weighted by Gasteiger charge is -2.26. The van der Waals surface area contributed by atoms with Crippen molar-refractivity contribution < 1.29 is 18.8 Å². The summed E-state index contributed by atoms with van der Waals surface area (Å²) in [6.07, 6.45) is 2.46. The van der Waals surface area contributed by atoms with Crippen molar-refractivity contribution in [1.82, 2.24) is 20.4 Å². The van der Waals surface area contributed by atoms with Gasteiger partial charge in [-0.3, -0.25) is 14.4 Å². The highest BCUT2D eigenvalue weighted by atomic mass is 32.2. The maximum absolute atomic E-state index is 13.1. The van der Waals surface area contributed by atoms with Crippen LogP contribution >= 0.6 is 11.8 Å². The van der Waals surface area contributed by atoms with E-state index in [4.69, 9.17) is 5.73 Å². The number of anilines is 1. The Hall–Kier alpha value is -3.15. The van der Waals surface area contributed by atoms with Crippen LogP contribution in [-0.4, -0.2) is 83.5 Å². The van der Waals surface area contributed by atoms with Gasteiger partial charge in [0.25, 0.3) is 5.91 Å². The lowest BCUT2D eigenvalue weighted by molar-refractivity contribution is -0.131. The van der Waals surface area contributed by atoms with Crippen LogP contribution in [0.2, 0.25) is 0 Å². The van der Waals surface area contributed by atoms with Crippen LogP contribution in [0.25, 0.3) is 0 Å². The standard InChI is InChI=1S/C28H37FN6O3S/c1-2-35-27(38)23(39-28(35)24(30)26(37)33-17-19-5-9-21(29)10-6-19)18-32-22-11-7-20(8-12-22)25(36)31-13-16-34-14-3-4-15-34/h5-12,23-24,28,32H,2-4,13-18,30H2,1H3,(H,31,36)(H,33,37)/t23-,24-,28?/m1/s1. The Labute approximate surface area is 233 Å². The molecule has 3 atom stereocenters. The van der Waals surface area contributed by atoms with Gasteiger partial charge in [0.05, 0.1) is 0 Å². The monoisotopic (exact) mass is 556 g/mol. The number of nitrogens with zero attached hydrogens (tertiary/aromatic N) is 2. The highest BCUT2D eigenvalue weighted by Crippen LogP contribution is 2.33. The number of benzene rings is 2. The number of halogens is 1. The fraction of sp³-hybridized carbons (Fsp3) is 0.464. The van der Waals surface area contributed by atoms with Crippen LogP contribution in [0.15, 0.2) is 48.5 Å². The summed E-state index contributed by atoms with van der Waals surface area (Å²) in [5, 5.41) is 8.12. The second-order valence-corrected chi connectivity index (χ2v) is 11.1. The fourth-order valence-electron chi connectivity index (χ4n) is 4.78. The van der Waals surface area contributed by atoms with Gasteiger partial charge in [0, 0.05) is 44.0 Å². The zero-order chi connectivity index (χ0) is 27.8. The van der Waals surface area contributed by atoms with Crippen molar-refractivity contribution in [2.24, 2.45) is 5.73 Å². The second-order valence-electron chi connectivity index (χ2n) is 9.77. The van der Waals surface area contributed by atoms with Gasteiger partial charge in [0.15, 0.2) is 0 Å². The highest BCUT2D eigenvalue weighted by Gasteiger charge is 2.44. The molecule has 5 N–H and O–H groups in total. The van der Waals surface area contributed by atoms with Gasteiger partial charge in [-0.05, 0) is 74.8 Å². The molecule has 39 heavy (non-hydrogen) atoms. The minimum absolute atomic E-state index is 0.0733. The first-order valence-electron chi connectivity index (χ1n) is 13.4. The summed E-state index contributed by atoms with van der Waals surface area (Å²) in [6, 6.07) is 12.1. The number of nitrogens with two attached hydrogens (primary N) is 1. The van der Waals surface area contributed by atoms with Crippen LogP contribution in [0.5, 0.6) is 0 Å². The SMILES string of the molecule is CCN1C(=O)[C@@H](CNc2ccc(C(=O)NCCN3CCCC3)cc2)SC1[C@H](N)C(=O)NCc1ccc(F)cc1. The summed E-state index contributed by atoms with van der Waals surface area (Å²) in [5.74, 6) is -0.886. The van der Waals surface area contributed by atoms with E-state index >= 15 is 0 Å².